The summed E-state index contributed by atoms with van der Waals surface area (Å²) in [4.78, 5) is 11.9. The van der Waals surface area contributed by atoms with E-state index in [1.165, 1.54) is 12.7 Å². The highest BCUT2D eigenvalue weighted by Crippen LogP contribution is 2.33. The number of fused-ring (bicyclic) bond motifs is 1. The highest BCUT2D eigenvalue weighted by molar-refractivity contribution is 6.00. The van der Waals surface area contributed by atoms with Gasteiger partial charge in [-0.05, 0) is 42.0 Å². The fraction of sp³-hybridized carbons (Fsp3) is 0.421. The van der Waals surface area contributed by atoms with Gasteiger partial charge in [0.2, 0.25) is 0 Å². The summed E-state index contributed by atoms with van der Waals surface area (Å²) in [6, 6.07) is 12.0. The Bertz CT molecular complexity index is 577. The molecular weight excluding hydrogens is 276 g/mol. The van der Waals surface area contributed by atoms with E-state index in [9.17, 15) is 4.79 Å². The zero-order valence-electron chi connectivity index (χ0n) is 13.2. The molecule has 3 heteroatoms. The lowest BCUT2D eigenvalue weighted by Gasteiger charge is -2.02. The first-order chi connectivity index (χ1) is 10.8. The maximum Gasteiger partial charge on any atom is 0.338 e. The van der Waals surface area contributed by atoms with Gasteiger partial charge in [-0.15, -0.1) is 0 Å². The first-order valence-electron chi connectivity index (χ1n) is 7.97. The van der Waals surface area contributed by atoms with Crippen LogP contribution in [0.5, 0.6) is 0 Å². The quantitative estimate of drug-likeness (QED) is 0.590. The second kappa shape index (κ2) is 8.54. The number of carbonyl (C=O) groups is 1. The molecule has 0 saturated heterocycles. The number of aryl methyl sites for hydroxylation is 1. The van der Waals surface area contributed by atoms with Gasteiger partial charge in [0.1, 0.15) is 0 Å². The van der Waals surface area contributed by atoms with E-state index in [-0.39, 0.29) is 12.6 Å². The lowest BCUT2D eigenvalue weighted by Crippen LogP contribution is -1.99. The second-order valence-corrected chi connectivity index (χ2v) is 5.55. The average molecular weight is 300 g/mol. The van der Waals surface area contributed by atoms with Gasteiger partial charge in [0.25, 0.3) is 0 Å². The molecule has 0 aromatic carbocycles. The molecule has 2 aliphatic carbocycles. The summed E-state index contributed by atoms with van der Waals surface area (Å²) < 4.78 is 4.90. The molecule has 0 unspecified atom stereocenters. The van der Waals surface area contributed by atoms with Gasteiger partial charge in [-0.3, -0.25) is 0 Å². The molecule has 0 radical (unpaired) electrons. The number of carbonyl (C=O) groups excluding carboxylic acids is 1. The van der Waals surface area contributed by atoms with Crippen molar-refractivity contribution in [3.8, 4) is 11.1 Å². The van der Waals surface area contributed by atoms with Gasteiger partial charge in [0, 0.05) is 6.61 Å². The zero-order chi connectivity index (χ0) is 15.8. The van der Waals surface area contributed by atoms with Crippen molar-refractivity contribution in [2.45, 2.75) is 38.5 Å². The van der Waals surface area contributed by atoms with Crippen molar-refractivity contribution in [3.05, 3.63) is 47.5 Å². The molecule has 22 heavy (non-hydrogen) atoms. The van der Waals surface area contributed by atoms with Gasteiger partial charge >= 0.3 is 5.97 Å². The standard InChI is InChI=1S/C19H24O3/c1-22-19(21)18-14-15(10-6-3-2-4-9-13-20)16-11-7-5-8-12-17(16)18/h5,7-8,11-12,14,20H,2-4,6,9-10,13H2,1H3. The number of hydrogen-bond donors (Lipinski definition) is 1. The smallest absolute Gasteiger partial charge is 0.338 e. The predicted octanol–water partition coefficient (Wildman–Crippen LogP) is 4.06. The van der Waals surface area contributed by atoms with Crippen LogP contribution in [0, 0.1) is 0 Å². The van der Waals surface area contributed by atoms with E-state index in [1.54, 1.807) is 0 Å². The third-order valence-corrected chi connectivity index (χ3v) is 4.00. The summed E-state index contributed by atoms with van der Waals surface area (Å²) in [5, 5.41) is 8.78. The molecule has 0 heterocycles. The molecule has 0 aliphatic heterocycles. The fourth-order valence-corrected chi connectivity index (χ4v) is 2.84. The summed E-state index contributed by atoms with van der Waals surface area (Å²) in [6.45, 7) is 0.284. The molecule has 1 N–H and O–H groups in total. The Morgan fingerprint density at radius 1 is 1.00 bits per heavy atom. The number of aliphatic hydroxyl groups is 1. The van der Waals surface area contributed by atoms with Crippen LogP contribution in [0.15, 0.2) is 36.4 Å². The van der Waals surface area contributed by atoms with E-state index in [4.69, 9.17) is 9.84 Å². The van der Waals surface area contributed by atoms with Crippen LogP contribution in [0.25, 0.3) is 11.1 Å². The molecule has 0 aromatic rings. The van der Waals surface area contributed by atoms with Crippen molar-refractivity contribution < 1.29 is 14.6 Å². The Kier molecular flexibility index (Phi) is 6.41. The number of aliphatic hydroxyl groups excluding tert-OH is 1. The average Bonchev–Trinajstić information content (AvgIpc) is 2.72. The predicted molar refractivity (Wildman–Crippen MR) is 88.3 cm³/mol. The van der Waals surface area contributed by atoms with E-state index in [2.05, 4.69) is 6.07 Å². The lowest BCUT2D eigenvalue weighted by molar-refractivity contribution is 0.0602. The molecule has 0 fully saturated rings. The minimum atomic E-state index is -0.273. The molecule has 0 bridgehead atoms. The maximum absolute atomic E-state index is 11.9. The van der Waals surface area contributed by atoms with Crippen LogP contribution in [0.3, 0.4) is 0 Å². The SMILES string of the molecule is COC(=O)c1cc(CCCCCCCO)c2cccccc1-2. The first kappa shape index (κ1) is 16.5. The Morgan fingerprint density at radius 2 is 1.68 bits per heavy atom. The maximum atomic E-state index is 11.9. The van der Waals surface area contributed by atoms with Crippen LogP contribution in [0.2, 0.25) is 0 Å². The molecule has 118 valence electrons. The molecule has 0 spiro atoms. The summed E-state index contributed by atoms with van der Waals surface area (Å²) >= 11 is 0. The Labute approximate surface area is 132 Å². The summed E-state index contributed by atoms with van der Waals surface area (Å²) in [6.07, 6.45) is 6.35. The van der Waals surface area contributed by atoms with Gasteiger partial charge < -0.3 is 9.84 Å². The monoisotopic (exact) mass is 300 g/mol. The van der Waals surface area contributed by atoms with Crippen LogP contribution < -0.4 is 0 Å². The minimum absolute atomic E-state index is 0.273. The van der Waals surface area contributed by atoms with Crippen LogP contribution in [-0.2, 0) is 11.2 Å². The van der Waals surface area contributed by atoms with Crippen molar-refractivity contribution in [1.29, 1.82) is 0 Å². The van der Waals surface area contributed by atoms with Crippen LogP contribution >= 0.6 is 0 Å². The molecule has 3 nitrogen and oxygen atoms in total. The molecule has 2 aliphatic rings. The summed E-state index contributed by atoms with van der Waals surface area (Å²) in [5.41, 5.74) is 3.98. The molecule has 0 aromatic heterocycles. The van der Waals surface area contributed by atoms with Crippen LogP contribution in [-0.4, -0.2) is 24.8 Å². The van der Waals surface area contributed by atoms with E-state index in [0.717, 1.165) is 49.7 Å². The number of rotatable bonds is 8. The van der Waals surface area contributed by atoms with Gasteiger partial charge in [0.05, 0.1) is 12.7 Å². The highest BCUT2D eigenvalue weighted by atomic mass is 16.5. The third-order valence-electron chi connectivity index (χ3n) is 4.00. The molecule has 0 amide bonds. The van der Waals surface area contributed by atoms with Crippen molar-refractivity contribution in [2.24, 2.45) is 0 Å². The van der Waals surface area contributed by atoms with Gasteiger partial charge in [0.15, 0.2) is 0 Å². The lowest BCUT2D eigenvalue weighted by atomic mass is 10.0. The van der Waals surface area contributed by atoms with Crippen molar-refractivity contribution in [1.82, 2.24) is 0 Å². The van der Waals surface area contributed by atoms with Gasteiger partial charge in [-0.1, -0.05) is 49.6 Å². The Hall–Kier alpha value is -1.87. The van der Waals surface area contributed by atoms with Crippen molar-refractivity contribution in [3.63, 3.8) is 0 Å². The van der Waals surface area contributed by atoms with E-state index in [1.807, 2.05) is 30.3 Å². The molecule has 0 atom stereocenters. The van der Waals surface area contributed by atoms with E-state index < -0.39 is 0 Å². The van der Waals surface area contributed by atoms with Gasteiger partial charge in [-0.25, -0.2) is 4.79 Å². The summed E-state index contributed by atoms with van der Waals surface area (Å²) in [5.74, 6) is -0.273. The Balaban J connectivity index is 2.08. The highest BCUT2D eigenvalue weighted by Gasteiger charge is 2.19. The van der Waals surface area contributed by atoms with Gasteiger partial charge in [-0.2, -0.15) is 0 Å². The zero-order valence-corrected chi connectivity index (χ0v) is 13.2. The molecule has 2 rings (SSSR count). The largest absolute Gasteiger partial charge is 0.465 e. The van der Waals surface area contributed by atoms with Crippen LogP contribution in [0.4, 0.5) is 0 Å². The molecule has 0 saturated carbocycles. The van der Waals surface area contributed by atoms with Crippen molar-refractivity contribution in [2.75, 3.05) is 13.7 Å². The van der Waals surface area contributed by atoms with Crippen molar-refractivity contribution >= 4 is 5.97 Å². The second-order valence-electron chi connectivity index (χ2n) is 5.55. The van der Waals surface area contributed by atoms with E-state index in [0.29, 0.717) is 5.56 Å². The summed E-state index contributed by atoms with van der Waals surface area (Å²) in [7, 11) is 1.42. The molecular formula is C19H24O3. The number of hydrogen-bond acceptors (Lipinski definition) is 3. The first-order valence-corrected chi connectivity index (χ1v) is 7.97. The van der Waals surface area contributed by atoms with E-state index >= 15 is 0 Å². The fourth-order valence-electron chi connectivity index (χ4n) is 2.84. The topological polar surface area (TPSA) is 46.5 Å². The third kappa shape index (κ3) is 4.08. The number of unbranched alkanes of at least 4 members (excludes halogenated alkanes) is 4. The number of esters is 1. The van der Waals surface area contributed by atoms with Crippen LogP contribution in [0.1, 0.15) is 48.0 Å². The number of methoxy groups -OCH3 is 1. The minimum Gasteiger partial charge on any atom is -0.465 e. The number of ether oxygens (including phenoxy) is 1. The normalized spacial score (nSPS) is 10.8. The Morgan fingerprint density at radius 3 is 2.41 bits per heavy atom.